The summed E-state index contributed by atoms with van der Waals surface area (Å²) < 4.78 is 5.97. The molecule has 98 valence electrons. The van der Waals surface area contributed by atoms with Gasteiger partial charge in [-0.15, -0.1) is 0 Å². The van der Waals surface area contributed by atoms with Crippen molar-refractivity contribution in [3.05, 3.63) is 29.8 Å². The number of nitrogens with zero attached hydrogens (tertiary/aromatic N) is 1. The fourth-order valence-corrected chi connectivity index (χ4v) is 3.14. The summed E-state index contributed by atoms with van der Waals surface area (Å²) in [6.07, 6.45) is 3.52. The monoisotopic (exact) mass is 247 g/mol. The van der Waals surface area contributed by atoms with Crippen molar-refractivity contribution in [2.45, 2.75) is 25.4 Å². The van der Waals surface area contributed by atoms with Crippen LogP contribution in [-0.4, -0.2) is 42.4 Å². The topological polar surface area (TPSA) is 32.7 Å². The van der Waals surface area contributed by atoms with Crippen molar-refractivity contribution >= 4 is 0 Å². The summed E-state index contributed by atoms with van der Waals surface area (Å²) in [4.78, 5) is 2.48. The van der Waals surface area contributed by atoms with E-state index in [-0.39, 0.29) is 0 Å². The zero-order valence-electron chi connectivity index (χ0n) is 10.7. The van der Waals surface area contributed by atoms with Gasteiger partial charge < -0.3 is 9.84 Å². The van der Waals surface area contributed by atoms with Gasteiger partial charge in [-0.2, -0.15) is 0 Å². The second kappa shape index (κ2) is 5.29. The van der Waals surface area contributed by atoms with Crippen LogP contribution in [0.5, 0.6) is 5.75 Å². The normalized spacial score (nSPS) is 27.2. The fourth-order valence-electron chi connectivity index (χ4n) is 3.14. The maximum absolute atomic E-state index is 8.97. The molecule has 1 fully saturated rings. The van der Waals surface area contributed by atoms with Gasteiger partial charge in [0.1, 0.15) is 11.9 Å². The molecule has 0 amide bonds. The first-order chi connectivity index (χ1) is 8.85. The van der Waals surface area contributed by atoms with E-state index in [9.17, 15) is 0 Å². The van der Waals surface area contributed by atoms with Gasteiger partial charge >= 0.3 is 0 Å². The average Bonchev–Trinajstić information content (AvgIpc) is 2.96. The molecule has 2 atom stereocenters. The lowest BCUT2D eigenvalue weighted by molar-refractivity contribution is 0.163. The van der Waals surface area contributed by atoms with Gasteiger partial charge in [-0.05, 0) is 36.9 Å². The Morgan fingerprint density at radius 2 is 2.22 bits per heavy atom. The van der Waals surface area contributed by atoms with Gasteiger partial charge in [-0.25, -0.2) is 0 Å². The first kappa shape index (κ1) is 12.0. The van der Waals surface area contributed by atoms with E-state index in [0.717, 1.165) is 38.2 Å². The molecule has 1 saturated heterocycles. The number of aliphatic hydroxyl groups excluding tert-OH is 1. The Morgan fingerprint density at radius 1 is 1.33 bits per heavy atom. The van der Waals surface area contributed by atoms with Gasteiger partial charge in [-0.1, -0.05) is 18.2 Å². The van der Waals surface area contributed by atoms with Crippen LogP contribution in [0.2, 0.25) is 0 Å². The lowest BCUT2D eigenvalue weighted by Crippen LogP contribution is -2.33. The molecule has 2 heterocycles. The van der Waals surface area contributed by atoms with Crippen molar-refractivity contribution < 1.29 is 9.84 Å². The first-order valence-corrected chi connectivity index (χ1v) is 6.93. The van der Waals surface area contributed by atoms with Crippen LogP contribution in [0.15, 0.2) is 24.3 Å². The molecule has 3 rings (SSSR count). The lowest BCUT2D eigenvalue weighted by Gasteiger charge is -2.20. The molecule has 1 aromatic rings. The number of hydrogen-bond donors (Lipinski definition) is 1. The number of fused-ring (bicyclic) bond motifs is 1. The quantitative estimate of drug-likeness (QED) is 0.879. The molecular weight excluding hydrogens is 226 g/mol. The summed E-state index contributed by atoms with van der Waals surface area (Å²) >= 11 is 0. The van der Waals surface area contributed by atoms with Crippen molar-refractivity contribution in [2.24, 2.45) is 5.92 Å². The Balaban J connectivity index is 1.51. The minimum atomic E-state index is 0.315. The Bertz CT molecular complexity index is 382. The average molecular weight is 247 g/mol. The predicted octanol–water partition coefficient (Wildman–Crippen LogP) is 1.69. The van der Waals surface area contributed by atoms with Crippen LogP contribution in [0.25, 0.3) is 0 Å². The van der Waals surface area contributed by atoms with Crippen LogP contribution in [-0.2, 0) is 6.42 Å². The van der Waals surface area contributed by atoms with Crippen LogP contribution in [0.4, 0.5) is 0 Å². The number of aliphatic hydroxyl groups is 1. The molecule has 0 saturated carbocycles. The first-order valence-electron chi connectivity index (χ1n) is 6.93. The third-order valence-electron chi connectivity index (χ3n) is 4.08. The second-order valence-corrected chi connectivity index (χ2v) is 5.48. The summed E-state index contributed by atoms with van der Waals surface area (Å²) in [5.74, 6) is 1.74. The zero-order valence-corrected chi connectivity index (χ0v) is 10.7. The van der Waals surface area contributed by atoms with Crippen LogP contribution in [0.1, 0.15) is 18.4 Å². The summed E-state index contributed by atoms with van der Waals surface area (Å²) in [7, 11) is 0. The minimum absolute atomic E-state index is 0.315. The SMILES string of the molecule is OCCC1CCN(CC2Cc3ccccc3O2)C1. The van der Waals surface area contributed by atoms with Gasteiger partial charge in [0, 0.05) is 26.1 Å². The highest BCUT2D eigenvalue weighted by Gasteiger charge is 2.28. The van der Waals surface area contributed by atoms with E-state index >= 15 is 0 Å². The molecule has 2 aliphatic heterocycles. The number of likely N-dealkylation sites (tertiary alicyclic amines) is 1. The largest absolute Gasteiger partial charge is 0.488 e. The van der Waals surface area contributed by atoms with E-state index < -0.39 is 0 Å². The van der Waals surface area contributed by atoms with Crippen molar-refractivity contribution in [1.29, 1.82) is 0 Å². The lowest BCUT2D eigenvalue weighted by atomic mass is 10.1. The highest BCUT2D eigenvalue weighted by molar-refractivity contribution is 5.37. The third kappa shape index (κ3) is 2.52. The Labute approximate surface area is 108 Å². The zero-order chi connectivity index (χ0) is 12.4. The molecule has 3 nitrogen and oxygen atoms in total. The van der Waals surface area contributed by atoms with E-state index in [1.165, 1.54) is 12.0 Å². The van der Waals surface area contributed by atoms with Gasteiger partial charge in [0.15, 0.2) is 0 Å². The molecule has 1 N–H and O–H groups in total. The van der Waals surface area contributed by atoms with Gasteiger partial charge in [-0.3, -0.25) is 4.90 Å². The Kier molecular flexibility index (Phi) is 3.52. The van der Waals surface area contributed by atoms with Crippen LogP contribution in [0.3, 0.4) is 0 Å². The summed E-state index contributed by atoms with van der Waals surface area (Å²) in [6, 6.07) is 8.34. The van der Waals surface area contributed by atoms with Crippen LogP contribution in [0, 0.1) is 5.92 Å². The Hall–Kier alpha value is -1.06. The van der Waals surface area contributed by atoms with E-state index in [1.54, 1.807) is 0 Å². The smallest absolute Gasteiger partial charge is 0.123 e. The highest BCUT2D eigenvalue weighted by Crippen LogP contribution is 2.29. The number of ether oxygens (including phenoxy) is 1. The van der Waals surface area contributed by atoms with E-state index in [1.807, 2.05) is 6.07 Å². The third-order valence-corrected chi connectivity index (χ3v) is 4.08. The molecule has 2 aliphatic rings. The van der Waals surface area contributed by atoms with Gasteiger partial charge in [0.05, 0.1) is 0 Å². The van der Waals surface area contributed by atoms with Crippen LogP contribution < -0.4 is 4.74 Å². The highest BCUT2D eigenvalue weighted by atomic mass is 16.5. The van der Waals surface area contributed by atoms with Gasteiger partial charge in [0.2, 0.25) is 0 Å². The molecule has 0 aliphatic carbocycles. The molecule has 0 aromatic heterocycles. The van der Waals surface area contributed by atoms with Crippen molar-refractivity contribution in [3.63, 3.8) is 0 Å². The molecule has 2 unspecified atom stereocenters. The fraction of sp³-hybridized carbons (Fsp3) is 0.600. The summed E-state index contributed by atoms with van der Waals surface area (Å²) in [5, 5.41) is 8.97. The minimum Gasteiger partial charge on any atom is -0.488 e. The molecule has 3 heteroatoms. The number of benzene rings is 1. The van der Waals surface area contributed by atoms with E-state index in [2.05, 4.69) is 23.1 Å². The second-order valence-electron chi connectivity index (χ2n) is 5.48. The van der Waals surface area contributed by atoms with Gasteiger partial charge in [0.25, 0.3) is 0 Å². The molecule has 1 aromatic carbocycles. The van der Waals surface area contributed by atoms with Crippen molar-refractivity contribution in [3.8, 4) is 5.75 Å². The molecule has 0 radical (unpaired) electrons. The number of rotatable bonds is 4. The van der Waals surface area contributed by atoms with Crippen molar-refractivity contribution in [1.82, 2.24) is 4.90 Å². The molecule has 0 bridgehead atoms. The van der Waals surface area contributed by atoms with E-state index in [0.29, 0.717) is 18.6 Å². The molecule has 0 spiro atoms. The number of para-hydroxylation sites is 1. The standard InChI is InChI=1S/C15H21NO2/c17-8-6-12-5-7-16(10-12)11-14-9-13-3-1-2-4-15(13)18-14/h1-4,12,14,17H,5-11H2. The van der Waals surface area contributed by atoms with Crippen molar-refractivity contribution in [2.75, 3.05) is 26.2 Å². The summed E-state index contributed by atoms with van der Waals surface area (Å²) in [5.41, 5.74) is 1.34. The maximum Gasteiger partial charge on any atom is 0.123 e. The number of hydrogen-bond acceptors (Lipinski definition) is 3. The maximum atomic E-state index is 8.97. The Morgan fingerprint density at radius 3 is 3.06 bits per heavy atom. The molecular formula is C15H21NO2. The van der Waals surface area contributed by atoms with E-state index in [4.69, 9.17) is 9.84 Å². The predicted molar refractivity (Wildman–Crippen MR) is 70.8 cm³/mol. The van der Waals surface area contributed by atoms with Crippen LogP contribution >= 0.6 is 0 Å². The summed E-state index contributed by atoms with van der Waals surface area (Å²) in [6.45, 7) is 3.62. The molecule has 18 heavy (non-hydrogen) atoms.